The average molecular weight is 204 g/mol. The molecule has 0 amide bonds. The topological polar surface area (TPSA) is 38.0 Å². The zero-order valence-electron chi connectivity index (χ0n) is 7.95. The fourth-order valence-corrected chi connectivity index (χ4v) is 1.86. The van der Waals surface area contributed by atoms with Gasteiger partial charge in [-0.25, -0.2) is 0 Å². The summed E-state index contributed by atoms with van der Waals surface area (Å²) in [5, 5.41) is 7.37. The Morgan fingerprint density at radius 3 is 2.86 bits per heavy atom. The number of nitrogens with two attached hydrogens (primary N) is 1. The van der Waals surface area contributed by atoms with Crippen LogP contribution in [0.3, 0.4) is 0 Å². The van der Waals surface area contributed by atoms with Gasteiger partial charge >= 0.3 is 0 Å². The van der Waals surface area contributed by atoms with Crippen molar-refractivity contribution in [3.05, 3.63) is 40.6 Å². The van der Waals surface area contributed by atoms with Crippen LogP contribution in [0.15, 0.2) is 35.0 Å². The molecule has 1 aromatic carbocycles. The molecule has 0 aliphatic rings. The molecular weight excluding hydrogens is 192 g/mol. The first kappa shape index (κ1) is 9.09. The molecule has 0 saturated carbocycles. The van der Waals surface area contributed by atoms with Gasteiger partial charge in [-0.3, -0.25) is 0 Å². The van der Waals surface area contributed by atoms with Gasteiger partial charge in [0.05, 0.1) is 11.4 Å². The summed E-state index contributed by atoms with van der Waals surface area (Å²) in [7, 11) is 0. The zero-order valence-corrected chi connectivity index (χ0v) is 8.77. The summed E-state index contributed by atoms with van der Waals surface area (Å²) in [6.45, 7) is 2.05. The van der Waals surface area contributed by atoms with Crippen LogP contribution in [0.4, 0.5) is 17.1 Å². The Labute approximate surface area is 87.4 Å². The lowest BCUT2D eigenvalue weighted by Crippen LogP contribution is -1.95. The molecule has 14 heavy (non-hydrogen) atoms. The number of nitrogen functional groups attached to an aromatic ring is 1. The number of benzene rings is 1. The van der Waals surface area contributed by atoms with Crippen molar-refractivity contribution < 1.29 is 0 Å². The van der Waals surface area contributed by atoms with E-state index in [0.29, 0.717) is 0 Å². The van der Waals surface area contributed by atoms with Crippen LogP contribution in [0, 0.1) is 6.92 Å². The number of aryl methyl sites for hydroxylation is 1. The van der Waals surface area contributed by atoms with Gasteiger partial charge in [0.25, 0.3) is 0 Å². The summed E-state index contributed by atoms with van der Waals surface area (Å²) in [5.74, 6) is 0. The average Bonchev–Trinajstić information content (AvgIpc) is 2.64. The molecule has 0 unspecified atom stereocenters. The van der Waals surface area contributed by atoms with Gasteiger partial charge in [0.1, 0.15) is 0 Å². The van der Waals surface area contributed by atoms with Crippen molar-refractivity contribution in [2.24, 2.45) is 0 Å². The Balaban J connectivity index is 2.28. The molecule has 0 saturated heterocycles. The van der Waals surface area contributed by atoms with E-state index in [2.05, 4.69) is 17.6 Å². The van der Waals surface area contributed by atoms with E-state index >= 15 is 0 Å². The summed E-state index contributed by atoms with van der Waals surface area (Å²) < 4.78 is 0. The van der Waals surface area contributed by atoms with Crippen LogP contribution in [-0.2, 0) is 0 Å². The van der Waals surface area contributed by atoms with Gasteiger partial charge in [0.15, 0.2) is 0 Å². The van der Waals surface area contributed by atoms with Crippen LogP contribution < -0.4 is 11.1 Å². The highest BCUT2D eigenvalue weighted by atomic mass is 32.1. The first-order valence-electron chi connectivity index (χ1n) is 4.41. The molecule has 72 valence electrons. The van der Waals surface area contributed by atoms with Gasteiger partial charge < -0.3 is 11.1 Å². The normalized spacial score (nSPS) is 10.1. The first-order valence-corrected chi connectivity index (χ1v) is 5.35. The molecule has 0 radical (unpaired) electrons. The summed E-state index contributed by atoms with van der Waals surface area (Å²) >= 11 is 1.67. The minimum absolute atomic E-state index is 0.779. The maximum Gasteiger partial charge on any atom is 0.0620 e. The van der Waals surface area contributed by atoms with Crippen LogP contribution in [0.1, 0.15) is 5.56 Å². The molecule has 0 bridgehead atoms. The number of rotatable bonds is 2. The van der Waals surface area contributed by atoms with Gasteiger partial charge in [0.2, 0.25) is 0 Å². The molecule has 1 aromatic heterocycles. The summed E-state index contributed by atoms with van der Waals surface area (Å²) in [6, 6.07) is 8.01. The molecule has 0 atom stereocenters. The van der Waals surface area contributed by atoms with E-state index in [1.165, 1.54) is 5.56 Å². The van der Waals surface area contributed by atoms with Crippen molar-refractivity contribution in [2.75, 3.05) is 11.1 Å². The number of thiophene rings is 1. The summed E-state index contributed by atoms with van der Waals surface area (Å²) in [6.07, 6.45) is 0. The zero-order chi connectivity index (χ0) is 9.97. The van der Waals surface area contributed by atoms with Crippen molar-refractivity contribution in [1.82, 2.24) is 0 Å². The lowest BCUT2D eigenvalue weighted by molar-refractivity contribution is 1.45. The van der Waals surface area contributed by atoms with E-state index in [0.717, 1.165) is 17.1 Å². The minimum Gasteiger partial charge on any atom is -0.397 e. The lowest BCUT2D eigenvalue weighted by atomic mass is 10.2. The molecule has 2 nitrogen and oxygen atoms in total. The fraction of sp³-hybridized carbons (Fsp3) is 0.0909. The van der Waals surface area contributed by atoms with Gasteiger partial charge in [-0.05, 0) is 36.1 Å². The summed E-state index contributed by atoms with van der Waals surface area (Å²) in [4.78, 5) is 0. The second kappa shape index (κ2) is 3.72. The third kappa shape index (κ3) is 1.88. The third-order valence-corrected chi connectivity index (χ3v) is 2.69. The standard InChI is InChI=1S/C11H12N2S/c1-8-2-3-10(12)11(6-8)13-9-4-5-14-7-9/h2-7,13H,12H2,1H3. The molecule has 3 N–H and O–H groups in total. The molecule has 0 fully saturated rings. The van der Waals surface area contributed by atoms with Gasteiger partial charge in [0, 0.05) is 11.1 Å². The van der Waals surface area contributed by atoms with Crippen LogP contribution in [0.5, 0.6) is 0 Å². The van der Waals surface area contributed by atoms with Crippen molar-refractivity contribution in [2.45, 2.75) is 6.92 Å². The second-order valence-corrected chi connectivity index (χ2v) is 4.01. The number of hydrogen-bond acceptors (Lipinski definition) is 3. The molecule has 1 heterocycles. The van der Waals surface area contributed by atoms with Gasteiger partial charge in [-0.1, -0.05) is 6.07 Å². The largest absolute Gasteiger partial charge is 0.397 e. The van der Waals surface area contributed by atoms with Crippen molar-refractivity contribution in [1.29, 1.82) is 0 Å². The number of nitrogens with one attached hydrogen (secondary N) is 1. The Morgan fingerprint density at radius 2 is 2.14 bits per heavy atom. The predicted octanol–water partition coefficient (Wildman–Crippen LogP) is 3.38. The molecule has 0 spiro atoms. The highest BCUT2D eigenvalue weighted by Crippen LogP contribution is 2.25. The SMILES string of the molecule is Cc1ccc(N)c(Nc2ccsc2)c1. The highest BCUT2D eigenvalue weighted by Gasteiger charge is 1.99. The predicted molar refractivity (Wildman–Crippen MR) is 63.2 cm³/mol. The Hall–Kier alpha value is -1.48. The molecular formula is C11H12N2S. The van der Waals surface area contributed by atoms with Crippen molar-refractivity contribution >= 4 is 28.4 Å². The van der Waals surface area contributed by atoms with E-state index in [1.807, 2.05) is 29.6 Å². The van der Waals surface area contributed by atoms with Crippen LogP contribution in [0.25, 0.3) is 0 Å². The first-order chi connectivity index (χ1) is 6.75. The second-order valence-electron chi connectivity index (χ2n) is 3.23. The van der Waals surface area contributed by atoms with Gasteiger partial charge in [-0.2, -0.15) is 11.3 Å². The third-order valence-electron chi connectivity index (χ3n) is 2.01. The van der Waals surface area contributed by atoms with Crippen molar-refractivity contribution in [3.8, 4) is 0 Å². The Morgan fingerprint density at radius 1 is 1.29 bits per heavy atom. The monoisotopic (exact) mass is 204 g/mol. The van der Waals surface area contributed by atoms with Crippen molar-refractivity contribution in [3.63, 3.8) is 0 Å². The minimum atomic E-state index is 0.779. The van der Waals surface area contributed by atoms with Crippen LogP contribution >= 0.6 is 11.3 Å². The molecule has 2 aromatic rings. The Bertz CT molecular complexity index is 421. The summed E-state index contributed by atoms with van der Waals surface area (Å²) in [5.41, 5.74) is 9.90. The van der Waals surface area contributed by atoms with E-state index in [1.54, 1.807) is 11.3 Å². The lowest BCUT2D eigenvalue weighted by Gasteiger charge is -2.08. The molecule has 0 aliphatic carbocycles. The van der Waals surface area contributed by atoms with E-state index in [9.17, 15) is 0 Å². The maximum atomic E-state index is 5.85. The molecule has 2 rings (SSSR count). The van der Waals surface area contributed by atoms with E-state index in [-0.39, 0.29) is 0 Å². The van der Waals surface area contributed by atoms with Gasteiger partial charge in [-0.15, -0.1) is 0 Å². The maximum absolute atomic E-state index is 5.85. The quantitative estimate of drug-likeness (QED) is 0.736. The van der Waals surface area contributed by atoms with E-state index < -0.39 is 0 Å². The molecule has 0 aliphatic heterocycles. The molecule has 3 heteroatoms. The van der Waals surface area contributed by atoms with E-state index in [4.69, 9.17) is 5.73 Å². The fourth-order valence-electron chi connectivity index (χ4n) is 1.27. The smallest absolute Gasteiger partial charge is 0.0620 e. The number of hydrogen-bond donors (Lipinski definition) is 2. The highest BCUT2D eigenvalue weighted by molar-refractivity contribution is 7.08. The van der Waals surface area contributed by atoms with Crippen LogP contribution in [-0.4, -0.2) is 0 Å². The Kier molecular flexibility index (Phi) is 2.41. The number of anilines is 3. The van der Waals surface area contributed by atoms with Crippen LogP contribution in [0.2, 0.25) is 0 Å².